The Morgan fingerprint density at radius 3 is 2.57 bits per heavy atom. The highest BCUT2D eigenvalue weighted by atomic mass is 79.9. The van der Waals surface area contributed by atoms with E-state index in [2.05, 4.69) is 20.8 Å². The highest BCUT2D eigenvalue weighted by Gasteiger charge is 2.07. The number of hydrogen-bond donors (Lipinski definition) is 1. The number of halogens is 1. The summed E-state index contributed by atoms with van der Waals surface area (Å²) in [6, 6.07) is 3.83. The first-order chi connectivity index (χ1) is 6.54. The number of nitrogens with zero attached hydrogens (tertiary/aromatic N) is 1. The molecule has 0 atom stereocenters. The molecule has 0 radical (unpaired) electrons. The summed E-state index contributed by atoms with van der Waals surface area (Å²) in [7, 11) is 5.66. The minimum Gasteiger partial charge on any atom is -0.497 e. The summed E-state index contributed by atoms with van der Waals surface area (Å²) in [5.74, 6) is 0.822. The molecule has 0 amide bonds. The summed E-state index contributed by atoms with van der Waals surface area (Å²) >= 11 is 3.40. The second kappa shape index (κ2) is 4.66. The Kier molecular flexibility index (Phi) is 3.77. The normalized spacial score (nSPS) is 10.6. The Balaban J connectivity index is 3.07. The standard InChI is InChI=1S/C10H15BrN2O/c1-13(2)6-7-4-8(14-3)5-9(11)10(7)12/h4-5H,6,12H2,1-3H3. The molecule has 0 aliphatic carbocycles. The van der Waals surface area contributed by atoms with E-state index in [-0.39, 0.29) is 0 Å². The van der Waals surface area contributed by atoms with Gasteiger partial charge in [-0.25, -0.2) is 0 Å². The molecule has 4 heteroatoms. The quantitative estimate of drug-likeness (QED) is 0.845. The first kappa shape index (κ1) is 11.3. The Hall–Kier alpha value is -0.740. The SMILES string of the molecule is COc1cc(Br)c(N)c(CN(C)C)c1. The van der Waals surface area contributed by atoms with Crippen molar-refractivity contribution in [3.8, 4) is 5.75 Å². The lowest BCUT2D eigenvalue weighted by atomic mass is 10.1. The van der Waals surface area contributed by atoms with Crippen LogP contribution in [0.25, 0.3) is 0 Å². The van der Waals surface area contributed by atoms with Gasteiger partial charge in [-0.2, -0.15) is 0 Å². The van der Waals surface area contributed by atoms with Gasteiger partial charge in [-0.15, -0.1) is 0 Å². The smallest absolute Gasteiger partial charge is 0.120 e. The Morgan fingerprint density at radius 2 is 2.07 bits per heavy atom. The van der Waals surface area contributed by atoms with Crippen LogP contribution in [0, 0.1) is 0 Å². The molecule has 14 heavy (non-hydrogen) atoms. The molecule has 0 saturated carbocycles. The molecule has 1 aromatic carbocycles. The van der Waals surface area contributed by atoms with E-state index in [1.807, 2.05) is 26.2 Å². The van der Waals surface area contributed by atoms with Crippen LogP contribution in [0.2, 0.25) is 0 Å². The van der Waals surface area contributed by atoms with Crippen LogP contribution >= 0.6 is 15.9 Å². The van der Waals surface area contributed by atoms with Crippen molar-refractivity contribution in [3.05, 3.63) is 22.2 Å². The van der Waals surface area contributed by atoms with E-state index in [0.29, 0.717) is 0 Å². The Morgan fingerprint density at radius 1 is 1.43 bits per heavy atom. The minimum atomic E-state index is 0.777. The first-order valence-corrected chi connectivity index (χ1v) is 5.10. The zero-order valence-corrected chi connectivity index (χ0v) is 10.3. The van der Waals surface area contributed by atoms with Crippen molar-refractivity contribution in [3.63, 3.8) is 0 Å². The monoisotopic (exact) mass is 258 g/mol. The maximum Gasteiger partial charge on any atom is 0.120 e. The molecule has 0 aliphatic rings. The zero-order chi connectivity index (χ0) is 10.7. The van der Waals surface area contributed by atoms with Crippen LogP contribution in [0.3, 0.4) is 0 Å². The summed E-state index contributed by atoms with van der Waals surface area (Å²) in [5, 5.41) is 0. The fourth-order valence-corrected chi connectivity index (χ4v) is 1.72. The Labute approximate surface area is 93.0 Å². The molecular formula is C10H15BrN2O. The molecule has 0 aliphatic heterocycles. The van der Waals surface area contributed by atoms with E-state index in [4.69, 9.17) is 10.5 Å². The van der Waals surface area contributed by atoms with Crippen molar-refractivity contribution >= 4 is 21.6 Å². The van der Waals surface area contributed by atoms with E-state index >= 15 is 0 Å². The fraction of sp³-hybridized carbons (Fsp3) is 0.400. The van der Waals surface area contributed by atoms with Gasteiger partial charge in [0.05, 0.1) is 12.8 Å². The highest BCUT2D eigenvalue weighted by Crippen LogP contribution is 2.29. The lowest BCUT2D eigenvalue weighted by molar-refractivity contribution is 0.396. The maximum atomic E-state index is 5.93. The Bertz CT molecular complexity index is 326. The third-order valence-corrected chi connectivity index (χ3v) is 2.57. The lowest BCUT2D eigenvalue weighted by Crippen LogP contribution is -2.12. The molecule has 0 unspecified atom stereocenters. The van der Waals surface area contributed by atoms with Gasteiger partial charge in [0.2, 0.25) is 0 Å². The molecule has 0 saturated heterocycles. The molecule has 0 fully saturated rings. The predicted octanol–water partition coefficient (Wildman–Crippen LogP) is 2.10. The molecule has 78 valence electrons. The summed E-state index contributed by atoms with van der Waals surface area (Å²) in [6.45, 7) is 0.807. The van der Waals surface area contributed by atoms with Gasteiger partial charge >= 0.3 is 0 Å². The molecule has 0 bridgehead atoms. The lowest BCUT2D eigenvalue weighted by Gasteiger charge is -2.14. The van der Waals surface area contributed by atoms with Gasteiger partial charge < -0.3 is 15.4 Å². The van der Waals surface area contributed by atoms with Crippen LogP contribution in [-0.2, 0) is 6.54 Å². The molecule has 0 aromatic heterocycles. The molecule has 0 heterocycles. The molecule has 0 spiro atoms. The van der Waals surface area contributed by atoms with Crippen LogP contribution < -0.4 is 10.5 Å². The number of hydrogen-bond acceptors (Lipinski definition) is 3. The first-order valence-electron chi connectivity index (χ1n) is 4.31. The van der Waals surface area contributed by atoms with E-state index in [9.17, 15) is 0 Å². The predicted molar refractivity (Wildman–Crippen MR) is 62.5 cm³/mol. The van der Waals surface area contributed by atoms with Crippen molar-refractivity contribution in [1.29, 1.82) is 0 Å². The summed E-state index contributed by atoms with van der Waals surface area (Å²) in [5.41, 5.74) is 7.77. The summed E-state index contributed by atoms with van der Waals surface area (Å²) < 4.78 is 6.05. The van der Waals surface area contributed by atoms with Crippen molar-refractivity contribution in [2.45, 2.75) is 6.54 Å². The third-order valence-electron chi connectivity index (χ3n) is 1.91. The van der Waals surface area contributed by atoms with Gasteiger partial charge in [-0.05, 0) is 47.7 Å². The van der Waals surface area contributed by atoms with Gasteiger partial charge in [-0.3, -0.25) is 0 Å². The van der Waals surface area contributed by atoms with E-state index in [1.165, 1.54) is 0 Å². The van der Waals surface area contributed by atoms with Gasteiger partial charge in [0.25, 0.3) is 0 Å². The van der Waals surface area contributed by atoms with Gasteiger partial charge in [0.1, 0.15) is 5.75 Å². The number of methoxy groups -OCH3 is 1. The van der Waals surface area contributed by atoms with Crippen molar-refractivity contribution < 1.29 is 4.74 Å². The second-order valence-electron chi connectivity index (χ2n) is 3.42. The second-order valence-corrected chi connectivity index (χ2v) is 4.27. The van der Waals surface area contributed by atoms with Crippen molar-refractivity contribution in [2.75, 3.05) is 26.9 Å². The summed E-state index contributed by atoms with van der Waals surface area (Å²) in [4.78, 5) is 2.07. The van der Waals surface area contributed by atoms with E-state index in [0.717, 1.165) is 28.0 Å². The van der Waals surface area contributed by atoms with Crippen LogP contribution in [0.15, 0.2) is 16.6 Å². The van der Waals surface area contributed by atoms with Crippen LogP contribution in [0.1, 0.15) is 5.56 Å². The number of nitrogen functional groups attached to an aromatic ring is 1. The minimum absolute atomic E-state index is 0.777. The van der Waals surface area contributed by atoms with E-state index in [1.54, 1.807) is 7.11 Å². The number of ether oxygens (including phenoxy) is 1. The highest BCUT2D eigenvalue weighted by molar-refractivity contribution is 9.10. The molecule has 2 N–H and O–H groups in total. The molecular weight excluding hydrogens is 244 g/mol. The van der Waals surface area contributed by atoms with Gasteiger partial charge in [-0.1, -0.05) is 0 Å². The fourth-order valence-electron chi connectivity index (χ4n) is 1.24. The number of benzene rings is 1. The van der Waals surface area contributed by atoms with Gasteiger partial charge in [0.15, 0.2) is 0 Å². The largest absolute Gasteiger partial charge is 0.497 e. The van der Waals surface area contributed by atoms with Crippen molar-refractivity contribution in [1.82, 2.24) is 4.90 Å². The zero-order valence-electron chi connectivity index (χ0n) is 8.67. The van der Waals surface area contributed by atoms with Crippen molar-refractivity contribution in [2.24, 2.45) is 0 Å². The van der Waals surface area contributed by atoms with Crippen LogP contribution in [0.4, 0.5) is 5.69 Å². The molecule has 3 nitrogen and oxygen atoms in total. The summed E-state index contributed by atoms with van der Waals surface area (Å²) in [6.07, 6.45) is 0. The average molecular weight is 259 g/mol. The molecule has 1 aromatic rings. The number of rotatable bonds is 3. The van der Waals surface area contributed by atoms with Crippen LogP contribution in [-0.4, -0.2) is 26.1 Å². The third kappa shape index (κ3) is 2.62. The van der Waals surface area contributed by atoms with E-state index < -0.39 is 0 Å². The van der Waals surface area contributed by atoms with Gasteiger partial charge in [0, 0.05) is 11.0 Å². The maximum absolute atomic E-state index is 5.93. The average Bonchev–Trinajstić information content (AvgIpc) is 2.11. The number of anilines is 1. The number of nitrogens with two attached hydrogens (primary N) is 1. The molecule has 1 rings (SSSR count). The topological polar surface area (TPSA) is 38.5 Å². The van der Waals surface area contributed by atoms with Crippen LogP contribution in [0.5, 0.6) is 5.75 Å².